The third-order valence-electron chi connectivity index (χ3n) is 6.28. The molecule has 2 aromatic carbocycles. The number of halogens is 2. The predicted molar refractivity (Wildman–Crippen MR) is 143 cm³/mol. The first-order chi connectivity index (χ1) is 17.6. The van der Waals surface area contributed by atoms with Crippen LogP contribution in [-0.4, -0.2) is 56.6 Å². The van der Waals surface area contributed by atoms with Gasteiger partial charge in [-0.1, -0.05) is 26.1 Å². The van der Waals surface area contributed by atoms with Crippen LogP contribution in [-0.2, 0) is 9.47 Å². The third kappa shape index (κ3) is 6.16. The van der Waals surface area contributed by atoms with Crippen molar-refractivity contribution in [1.29, 1.82) is 0 Å². The summed E-state index contributed by atoms with van der Waals surface area (Å²) >= 11 is 4.97. The van der Waals surface area contributed by atoms with Gasteiger partial charge in [0, 0.05) is 30.9 Å². The van der Waals surface area contributed by atoms with E-state index >= 15 is 8.78 Å². The first-order valence-electron chi connectivity index (χ1n) is 12.1. The number of hydrogen-bond donors (Lipinski definition) is 2. The van der Waals surface area contributed by atoms with E-state index in [1.165, 1.54) is 11.0 Å². The topological polar surface area (TPSA) is 83.1 Å². The van der Waals surface area contributed by atoms with Crippen LogP contribution in [0.4, 0.5) is 36.3 Å². The van der Waals surface area contributed by atoms with Gasteiger partial charge in [-0.05, 0) is 36.6 Å². The first kappa shape index (κ1) is 26.7. The van der Waals surface area contributed by atoms with E-state index < -0.39 is 23.8 Å². The molecule has 0 aromatic heterocycles. The summed E-state index contributed by atoms with van der Waals surface area (Å²) in [6, 6.07) is 6.90. The molecule has 0 spiro atoms. The highest BCUT2D eigenvalue weighted by Crippen LogP contribution is 2.33. The van der Waals surface area contributed by atoms with Crippen molar-refractivity contribution in [3.63, 3.8) is 0 Å². The van der Waals surface area contributed by atoms with Crippen LogP contribution in [0.1, 0.15) is 32.3 Å². The number of carbonyl (C=O) groups excluding carboxylic acids is 1. The summed E-state index contributed by atoms with van der Waals surface area (Å²) in [7, 11) is 0. The quantitative estimate of drug-likeness (QED) is 0.511. The first-order valence-corrected chi connectivity index (χ1v) is 12.5. The fourth-order valence-corrected chi connectivity index (χ4v) is 4.43. The Balaban J connectivity index is 1.62. The zero-order valence-corrected chi connectivity index (χ0v) is 21.8. The molecule has 2 heterocycles. The molecule has 8 nitrogen and oxygen atoms in total. The maximum atomic E-state index is 15.2. The number of nitrogens with one attached hydrogen (secondary N) is 2. The largest absolute Gasteiger partial charge is 0.442 e. The number of cyclic esters (lactones) is 1. The van der Waals surface area contributed by atoms with Crippen LogP contribution in [0.5, 0.6) is 0 Å². The monoisotopic (exact) mass is 532 g/mol. The molecule has 0 unspecified atom stereocenters. The molecular weight excluding hydrogens is 502 g/mol. The molecule has 0 radical (unpaired) electrons. The van der Waals surface area contributed by atoms with E-state index in [0.29, 0.717) is 49.2 Å². The number of nitrogens with zero attached hydrogens (tertiary/aromatic N) is 2. The van der Waals surface area contributed by atoms with Crippen LogP contribution in [0.15, 0.2) is 35.1 Å². The van der Waals surface area contributed by atoms with Crippen LogP contribution < -0.4 is 25.9 Å². The van der Waals surface area contributed by atoms with Crippen molar-refractivity contribution < 1.29 is 23.0 Å². The van der Waals surface area contributed by atoms with Crippen molar-refractivity contribution in [1.82, 2.24) is 5.32 Å². The number of anilines is 4. The maximum absolute atomic E-state index is 15.2. The lowest BCUT2D eigenvalue weighted by Gasteiger charge is -2.28. The highest BCUT2D eigenvalue weighted by atomic mass is 32.1. The van der Waals surface area contributed by atoms with Crippen molar-refractivity contribution in [3.05, 3.63) is 57.8 Å². The SMILES string of the molecule is CC(=S)NC[C@H]1CN(c2cc(F)c(Nc3ccc(=O)c(N4CCOCC4)cc3C(C)C)c(F)c2)C(=O)O1. The number of benzene rings is 1. The Labute approximate surface area is 219 Å². The molecular formula is C26H30F2N4O4S. The lowest BCUT2D eigenvalue weighted by atomic mass is 10.0. The lowest BCUT2D eigenvalue weighted by molar-refractivity contribution is 0.122. The minimum Gasteiger partial charge on any atom is -0.442 e. The van der Waals surface area contributed by atoms with E-state index in [1.54, 1.807) is 19.1 Å². The molecule has 2 N–H and O–H groups in total. The molecule has 1 atom stereocenters. The number of rotatable bonds is 7. The summed E-state index contributed by atoms with van der Waals surface area (Å²) in [6.07, 6.45) is -1.20. The zero-order valence-electron chi connectivity index (χ0n) is 21.0. The second kappa shape index (κ2) is 11.4. The van der Waals surface area contributed by atoms with Crippen molar-refractivity contribution in [2.24, 2.45) is 0 Å². The van der Waals surface area contributed by atoms with Gasteiger partial charge in [-0.3, -0.25) is 9.69 Å². The minimum absolute atomic E-state index is 0.0413. The molecule has 2 aliphatic rings. The predicted octanol–water partition coefficient (Wildman–Crippen LogP) is 4.29. The summed E-state index contributed by atoms with van der Waals surface area (Å²) in [5.41, 5.74) is 1.16. The van der Waals surface area contributed by atoms with Gasteiger partial charge >= 0.3 is 6.09 Å². The maximum Gasteiger partial charge on any atom is 0.414 e. The van der Waals surface area contributed by atoms with Crippen molar-refractivity contribution >= 4 is 46.0 Å². The molecule has 2 aromatic rings. The Morgan fingerprint density at radius 2 is 1.81 bits per heavy atom. The Kier molecular flexibility index (Phi) is 8.23. The van der Waals surface area contributed by atoms with Crippen molar-refractivity contribution in [2.75, 3.05) is 54.5 Å². The van der Waals surface area contributed by atoms with Gasteiger partial charge in [-0.15, -0.1) is 0 Å². The van der Waals surface area contributed by atoms with Gasteiger partial charge in [0.15, 0.2) is 11.6 Å². The van der Waals surface area contributed by atoms with Gasteiger partial charge in [0.1, 0.15) is 11.8 Å². The van der Waals surface area contributed by atoms with Crippen molar-refractivity contribution in [2.45, 2.75) is 32.8 Å². The van der Waals surface area contributed by atoms with Gasteiger partial charge in [0.2, 0.25) is 5.43 Å². The average molecular weight is 533 g/mol. The number of hydrogen-bond acceptors (Lipinski definition) is 7. The van der Waals surface area contributed by atoms with Gasteiger partial charge in [0.25, 0.3) is 0 Å². The molecule has 11 heteroatoms. The van der Waals surface area contributed by atoms with Gasteiger partial charge < -0.3 is 25.0 Å². The van der Waals surface area contributed by atoms with Gasteiger partial charge in [-0.25, -0.2) is 13.6 Å². The Bertz CT molecular complexity index is 1230. The fourth-order valence-electron chi connectivity index (χ4n) is 4.35. The molecule has 0 saturated carbocycles. The normalized spacial score (nSPS) is 17.7. The molecule has 0 aliphatic carbocycles. The molecule has 0 bridgehead atoms. The lowest BCUT2D eigenvalue weighted by Crippen LogP contribution is -2.38. The average Bonchev–Trinajstić information content (AvgIpc) is 3.14. The van der Waals surface area contributed by atoms with Gasteiger partial charge in [-0.2, -0.15) is 0 Å². The van der Waals surface area contributed by atoms with Crippen LogP contribution >= 0.6 is 12.2 Å². The van der Waals surface area contributed by atoms with Crippen molar-refractivity contribution in [3.8, 4) is 0 Å². The van der Waals surface area contributed by atoms with Gasteiger partial charge in [0.05, 0.1) is 42.7 Å². The summed E-state index contributed by atoms with van der Waals surface area (Å²) in [5, 5.41) is 5.77. The second-order valence-corrected chi connectivity index (χ2v) is 9.93. The number of thiocarbonyl (C=S) groups is 1. The molecule has 37 heavy (non-hydrogen) atoms. The van der Waals surface area contributed by atoms with Crippen LogP contribution in [0.2, 0.25) is 0 Å². The van der Waals surface area contributed by atoms with E-state index in [-0.39, 0.29) is 29.3 Å². The van der Waals surface area contributed by atoms with E-state index in [0.717, 1.165) is 17.7 Å². The summed E-state index contributed by atoms with van der Waals surface area (Å²) in [4.78, 5) is 28.9. The number of carbonyl (C=O) groups is 1. The van der Waals surface area contributed by atoms with E-state index in [4.69, 9.17) is 21.7 Å². The minimum atomic E-state index is -0.879. The number of ether oxygens (including phenoxy) is 2. The summed E-state index contributed by atoms with van der Waals surface area (Å²) in [5.74, 6) is -1.80. The molecule has 2 fully saturated rings. The smallest absolute Gasteiger partial charge is 0.414 e. The standard InChI is InChI=1S/C26H30F2N4O4S/c1-15(2)19-12-23(31-6-8-35-9-7-31)24(33)5-4-22(19)30-25-20(27)10-17(11-21(25)28)32-14-18(36-26(32)34)13-29-16(3)37/h4-5,10-12,15,18,30H,6-9,13-14H2,1-3H3,(H,29,37)/t18-/m0/s1. The second-order valence-electron chi connectivity index (χ2n) is 9.31. The highest BCUT2D eigenvalue weighted by Gasteiger charge is 2.33. The number of amides is 1. The Morgan fingerprint density at radius 1 is 1.14 bits per heavy atom. The highest BCUT2D eigenvalue weighted by molar-refractivity contribution is 7.80. The van der Waals surface area contributed by atoms with E-state index in [1.807, 2.05) is 18.7 Å². The van der Waals surface area contributed by atoms with Crippen LogP contribution in [0, 0.1) is 11.6 Å². The van der Waals surface area contributed by atoms with Crippen LogP contribution in [0.3, 0.4) is 0 Å². The number of morpholine rings is 1. The molecule has 1 amide bonds. The molecule has 2 saturated heterocycles. The van der Waals surface area contributed by atoms with Crippen LogP contribution in [0.25, 0.3) is 0 Å². The third-order valence-corrected chi connectivity index (χ3v) is 6.43. The zero-order chi connectivity index (χ0) is 26.7. The summed E-state index contributed by atoms with van der Waals surface area (Å²) < 4.78 is 41.1. The van der Waals surface area contributed by atoms with E-state index in [9.17, 15) is 9.59 Å². The molecule has 198 valence electrons. The molecule has 2 aliphatic heterocycles. The Morgan fingerprint density at radius 3 is 2.43 bits per heavy atom. The fraction of sp³-hybridized carbons (Fsp3) is 0.423. The summed E-state index contributed by atoms with van der Waals surface area (Å²) in [6.45, 7) is 8.25. The Hall–Kier alpha value is -3.31. The van der Waals surface area contributed by atoms with E-state index in [2.05, 4.69) is 10.6 Å². The molecule has 4 rings (SSSR count).